The molecular formula is C12H22BrN5O. The first kappa shape index (κ1) is 16.0. The van der Waals surface area contributed by atoms with E-state index in [2.05, 4.69) is 38.6 Å². The van der Waals surface area contributed by atoms with E-state index in [1.807, 2.05) is 11.6 Å². The number of amides is 2. The SMILES string of the molecule is CCn1nc(C)c(Br)c1CNCCNC(=O)N(C)C. The van der Waals surface area contributed by atoms with E-state index in [9.17, 15) is 4.79 Å². The number of aromatic nitrogens is 2. The number of hydrogen-bond acceptors (Lipinski definition) is 3. The van der Waals surface area contributed by atoms with Crippen molar-refractivity contribution in [2.45, 2.75) is 26.9 Å². The fourth-order valence-corrected chi connectivity index (χ4v) is 2.08. The van der Waals surface area contributed by atoms with Gasteiger partial charge in [0.05, 0.1) is 15.9 Å². The Labute approximate surface area is 122 Å². The van der Waals surface area contributed by atoms with Crippen LogP contribution in [0.4, 0.5) is 4.79 Å². The lowest BCUT2D eigenvalue weighted by Gasteiger charge is -2.12. The van der Waals surface area contributed by atoms with Crippen LogP contribution in [0.1, 0.15) is 18.3 Å². The largest absolute Gasteiger partial charge is 0.337 e. The van der Waals surface area contributed by atoms with Crippen LogP contribution in [-0.4, -0.2) is 47.9 Å². The average molecular weight is 332 g/mol. The summed E-state index contributed by atoms with van der Waals surface area (Å²) in [4.78, 5) is 12.8. The van der Waals surface area contributed by atoms with Crippen LogP contribution in [0.2, 0.25) is 0 Å². The molecule has 0 aliphatic rings. The third-order valence-electron chi connectivity index (χ3n) is 2.73. The molecule has 0 bridgehead atoms. The molecule has 108 valence electrons. The predicted molar refractivity (Wildman–Crippen MR) is 79.1 cm³/mol. The molecule has 0 fully saturated rings. The van der Waals surface area contributed by atoms with Gasteiger partial charge >= 0.3 is 6.03 Å². The number of nitrogens with one attached hydrogen (secondary N) is 2. The first-order chi connectivity index (χ1) is 8.97. The maximum atomic E-state index is 11.3. The van der Waals surface area contributed by atoms with E-state index in [1.165, 1.54) is 4.90 Å². The summed E-state index contributed by atoms with van der Waals surface area (Å²) < 4.78 is 3.03. The Kier molecular flexibility index (Phi) is 6.30. The molecule has 1 aromatic heterocycles. The normalized spacial score (nSPS) is 10.6. The smallest absolute Gasteiger partial charge is 0.316 e. The molecule has 1 aromatic rings. The standard InChI is InChI=1S/C12H22BrN5O/c1-5-18-10(11(13)9(2)16-18)8-14-6-7-15-12(19)17(3)4/h14H,5-8H2,1-4H3,(H,15,19). The molecule has 0 aliphatic carbocycles. The Hall–Kier alpha value is -1.08. The summed E-state index contributed by atoms with van der Waals surface area (Å²) in [5, 5.41) is 10.5. The number of carbonyl (C=O) groups is 1. The van der Waals surface area contributed by atoms with Gasteiger partial charge in [0, 0.05) is 40.3 Å². The van der Waals surface area contributed by atoms with Crippen LogP contribution in [0.25, 0.3) is 0 Å². The Morgan fingerprint density at radius 1 is 1.42 bits per heavy atom. The fraction of sp³-hybridized carbons (Fsp3) is 0.667. The van der Waals surface area contributed by atoms with E-state index in [-0.39, 0.29) is 6.03 Å². The quantitative estimate of drug-likeness (QED) is 0.773. The van der Waals surface area contributed by atoms with E-state index in [0.29, 0.717) is 6.54 Å². The second kappa shape index (κ2) is 7.49. The highest BCUT2D eigenvalue weighted by Gasteiger charge is 2.11. The zero-order valence-electron chi connectivity index (χ0n) is 12.0. The van der Waals surface area contributed by atoms with Gasteiger partial charge in [-0.15, -0.1) is 0 Å². The van der Waals surface area contributed by atoms with Crippen LogP contribution in [0.15, 0.2) is 4.47 Å². The summed E-state index contributed by atoms with van der Waals surface area (Å²) in [6.07, 6.45) is 0. The van der Waals surface area contributed by atoms with Crippen LogP contribution < -0.4 is 10.6 Å². The monoisotopic (exact) mass is 331 g/mol. The summed E-state index contributed by atoms with van der Waals surface area (Å²) in [6, 6.07) is -0.0718. The molecule has 2 amide bonds. The Balaban J connectivity index is 2.36. The minimum Gasteiger partial charge on any atom is -0.337 e. The molecule has 7 heteroatoms. The molecule has 1 rings (SSSR count). The van der Waals surface area contributed by atoms with E-state index in [4.69, 9.17) is 0 Å². The third kappa shape index (κ3) is 4.50. The molecule has 19 heavy (non-hydrogen) atoms. The van der Waals surface area contributed by atoms with Gasteiger partial charge < -0.3 is 15.5 Å². The molecule has 6 nitrogen and oxygen atoms in total. The number of halogens is 1. The lowest BCUT2D eigenvalue weighted by atomic mass is 10.3. The highest BCUT2D eigenvalue weighted by Crippen LogP contribution is 2.20. The average Bonchev–Trinajstić information content (AvgIpc) is 2.65. The molecule has 2 N–H and O–H groups in total. The second-order valence-electron chi connectivity index (χ2n) is 4.46. The molecule has 0 unspecified atom stereocenters. The Bertz CT molecular complexity index is 430. The van der Waals surface area contributed by atoms with Crippen molar-refractivity contribution in [2.24, 2.45) is 0 Å². The molecule has 0 atom stereocenters. The number of rotatable bonds is 6. The van der Waals surface area contributed by atoms with E-state index in [1.54, 1.807) is 14.1 Å². The van der Waals surface area contributed by atoms with Crippen molar-refractivity contribution in [1.82, 2.24) is 25.3 Å². The number of aryl methyl sites for hydroxylation is 2. The minimum atomic E-state index is -0.0718. The molecule has 0 aromatic carbocycles. The fourth-order valence-electron chi connectivity index (χ4n) is 1.66. The van der Waals surface area contributed by atoms with Gasteiger partial charge in [-0.25, -0.2) is 4.79 Å². The summed E-state index contributed by atoms with van der Waals surface area (Å²) in [6.45, 7) is 6.96. The van der Waals surface area contributed by atoms with Gasteiger partial charge in [-0.05, 0) is 29.8 Å². The van der Waals surface area contributed by atoms with Gasteiger partial charge in [0.15, 0.2) is 0 Å². The molecule has 0 saturated carbocycles. The van der Waals surface area contributed by atoms with Crippen molar-refractivity contribution in [2.75, 3.05) is 27.2 Å². The van der Waals surface area contributed by atoms with Crippen molar-refractivity contribution in [1.29, 1.82) is 0 Å². The van der Waals surface area contributed by atoms with Gasteiger partial charge in [0.2, 0.25) is 0 Å². The molecule has 0 radical (unpaired) electrons. The highest BCUT2D eigenvalue weighted by atomic mass is 79.9. The maximum absolute atomic E-state index is 11.3. The minimum absolute atomic E-state index is 0.0718. The van der Waals surface area contributed by atoms with Gasteiger partial charge in [-0.1, -0.05) is 0 Å². The van der Waals surface area contributed by atoms with E-state index in [0.717, 1.165) is 35.5 Å². The molecule has 1 heterocycles. The van der Waals surface area contributed by atoms with Crippen LogP contribution in [0.3, 0.4) is 0 Å². The van der Waals surface area contributed by atoms with Crippen LogP contribution in [0.5, 0.6) is 0 Å². The molecular weight excluding hydrogens is 310 g/mol. The van der Waals surface area contributed by atoms with Crippen molar-refractivity contribution in [3.63, 3.8) is 0 Å². The molecule has 0 aliphatic heterocycles. The topological polar surface area (TPSA) is 62.2 Å². The van der Waals surface area contributed by atoms with Crippen molar-refractivity contribution >= 4 is 22.0 Å². The molecule has 0 saturated heterocycles. The second-order valence-corrected chi connectivity index (χ2v) is 5.26. The lowest BCUT2D eigenvalue weighted by molar-refractivity contribution is 0.217. The maximum Gasteiger partial charge on any atom is 0.316 e. The lowest BCUT2D eigenvalue weighted by Crippen LogP contribution is -2.38. The van der Waals surface area contributed by atoms with Gasteiger partial charge in [-0.2, -0.15) is 5.10 Å². The highest BCUT2D eigenvalue weighted by molar-refractivity contribution is 9.10. The Morgan fingerprint density at radius 2 is 2.11 bits per heavy atom. The Morgan fingerprint density at radius 3 is 2.68 bits per heavy atom. The van der Waals surface area contributed by atoms with Gasteiger partial charge in [0.25, 0.3) is 0 Å². The predicted octanol–water partition coefficient (Wildman–Crippen LogP) is 1.33. The van der Waals surface area contributed by atoms with Crippen molar-refractivity contribution in [3.8, 4) is 0 Å². The van der Waals surface area contributed by atoms with Crippen LogP contribution in [0, 0.1) is 6.92 Å². The zero-order chi connectivity index (χ0) is 14.4. The molecule has 0 spiro atoms. The summed E-state index contributed by atoms with van der Waals surface area (Å²) in [7, 11) is 3.45. The zero-order valence-corrected chi connectivity index (χ0v) is 13.5. The first-order valence-electron chi connectivity index (χ1n) is 6.35. The third-order valence-corrected chi connectivity index (χ3v) is 3.76. The van der Waals surface area contributed by atoms with Gasteiger partial charge in [-0.3, -0.25) is 4.68 Å². The van der Waals surface area contributed by atoms with Crippen LogP contribution >= 0.6 is 15.9 Å². The number of hydrogen-bond donors (Lipinski definition) is 2. The first-order valence-corrected chi connectivity index (χ1v) is 7.14. The van der Waals surface area contributed by atoms with Gasteiger partial charge in [0.1, 0.15) is 0 Å². The summed E-state index contributed by atoms with van der Waals surface area (Å²) >= 11 is 3.55. The number of urea groups is 1. The number of carbonyl (C=O) groups excluding carboxylic acids is 1. The van der Waals surface area contributed by atoms with Crippen molar-refractivity contribution < 1.29 is 4.79 Å². The number of nitrogens with zero attached hydrogens (tertiary/aromatic N) is 3. The van der Waals surface area contributed by atoms with Crippen molar-refractivity contribution in [3.05, 3.63) is 15.9 Å². The summed E-state index contributed by atoms with van der Waals surface area (Å²) in [5.41, 5.74) is 2.14. The van der Waals surface area contributed by atoms with E-state index < -0.39 is 0 Å². The summed E-state index contributed by atoms with van der Waals surface area (Å²) in [5.74, 6) is 0. The van der Waals surface area contributed by atoms with Crippen LogP contribution in [-0.2, 0) is 13.1 Å². The van der Waals surface area contributed by atoms with E-state index >= 15 is 0 Å².